The molecule has 4 rings (SSSR count). The molecule has 0 aliphatic carbocycles. The second-order valence-electron chi connectivity index (χ2n) is 7.25. The Bertz CT molecular complexity index is 1270. The first kappa shape index (κ1) is 22.0. The van der Waals surface area contributed by atoms with Gasteiger partial charge in [-0.25, -0.2) is 4.79 Å². The topological polar surface area (TPSA) is 54.0 Å². The van der Waals surface area contributed by atoms with Crippen LogP contribution in [0.1, 0.15) is 11.1 Å². The predicted octanol–water partition coefficient (Wildman–Crippen LogP) is 6.01. The normalized spacial score (nSPS) is 10.8. The molecule has 0 radical (unpaired) electrons. The number of hydrogen-bond donors (Lipinski definition) is 0. The molecule has 33 heavy (non-hydrogen) atoms. The van der Waals surface area contributed by atoms with Crippen molar-refractivity contribution in [2.45, 2.75) is 0 Å². The van der Waals surface area contributed by atoms with Gasteiger partial charge < -0.3 is 18.9 Å². The van der Waals surface area contributed by atoms with E-state index in [2.05, 4.69) is 30.3 Å². The molecular formula is C28H24O5. The van der Waals surface area contributed by atoms with Gasteiger partial charge in [0.1, 0.15) is 11.5 Å². The van der Waals surface area contributed by atoms with Crippen LogP contribution in [-0.4, -0.2) is 26.8 Å². The predicted molar refractivity (Wildman–Crippen MR) is 130 cm³/mol. The van der Waals surface area contributed by atoms with E-state index in [0.717, 1.165) is 11.1 Å². The number of hydrogen-bond acceptors (Lipinski definition) is 5. The highest BCUT2D eigenvalue weighted by Gasteiger charge is 2.11. The maximum absolute atomic E-state index is 12.3. The Morgan fingerprint density at radius 2 is 1.52 bits per heavy atom. The van der Waals surface area contributed by atoms with E-state index in [0.29, 0.717) is 23.0 Å². The lowest BCUT2D eigenvalue weighted by atomic mass is 10.0. The van der Waals surface area contributed by atoms with Crippen LogP contribution in [0.25, 0.3) is 22.9 Å². The average molecular weight is 440 g/mol. The molecule has 0 fully saturated rings. The van der Waals surface area contributed by atoms with Crippen molar-refractivity contribution in [3.05, 3.63) is 96.1 Å². The molecular weight excluding hydrogens is 416 g/mol. The summed E-state index contributed by atoms with van der Waals surface area (Å²) in [6, 6.07) is 26.9. The Balaban J connectivity index is 1.42. The first-order chi connectivity index (χ1) is 16.2. The smallest absolute Gasteiger partial charge is 0.349 e. The first-order valence-electron chi connectivity index (χ1n) is 10.5. The van der Waals surface area contributed by atoms with Gasteiger partial charge in [-0.05, 0) is 58.3 Å². The molecule has 0 heterocycles. The van der Waals surface area contributed by atoms with Crippen LogP contribution in [-0.2, 0) is 4.79 Å². The van der Waals surface area contributed by atoms with Crippen LogP contribution in [0.3, 0.4) is 0 Å². The third kappa shape index (κ3) is 5.52. The standard InChI is InChI=1S/C28H24O5/c1-30-23-13-15-24(16-14-23)32-19-28(29)33-26-17-11-20(18-27(26)31-2)10-12-22-8-5-7-21-6-3-4-9-25(21)22/h3-18H,19H2,1-2H3. The second-order valence-corrected chi connectivity index (χ2v) is 7.25. The third-order valence-electron chi connectivity index (χ3n) is 5.11. The number of benzene rings is 4. The Morgan fingerprint density at radius 1 is 0.758 bits per heavy atom. The molecule has 4 aromatic rings. The van der Waals surface area contributed by atoms with E-state index in [1.54, 1.807) is 44.6 Å². The molecule has 0 saturated carbocycles. The van der Waals surface area contributed by atoms with Crippen molar-refractivity contribution in [2.24, 2.45) is 0 Å². The fraction of sp³-hybridized carbons (Fsp3) is 0.107. The van der Waals surface area contributed by atoms with Gasteiger partial charge >= 0.3 is 5.97 Å². The number of carbonyl (C=O) groups is 1. The van der Waals surface area contributed by atoms with E-state index in [1.807, 2.05) is 36.4 Å². The van der Waals surface area contributed by atoms with E-state index in [-0.39, 0.29) is 6.61 Å². The molecule has 0 saturated heterocycles. The van der Waals surface area contributed by atoms with Crippen molar-refractivity contribution in [3.8, 4) is 23.0 Å². The Hall–Kier alpha value is -4.25. The fourth-order valence-corrected chi connectivity index (χ4v) is 3.42. The molecule has 5 heteroatoms. The van der Waals surface area contributed by atoms with Gasteiger partial charge in [0.05, 0.1) is 14.2 Å². The largest absolute Gasteiger partial charge is 0.497 e. The summed E-state index contributed by atoms with van der Waals surface area (Å²) in [6.45, 7) is -0.224. The van der Waals surface area contributed by atoms with E-state index < -0.39 is 5.97 Å². The van der Waals surface area contributed by atoms with Crippen molar-refractivity contribution in [3.63, 3.8) is 0 Å². The number of rotatable bonds is 8. The van der Waals surface area contributed by atoms with Gasteiger partial charge in [-0.1, -0.05) is 60.7 Å². The number of methoxy groups -OCH3 is 2. The lowest BCUT2D eigenvalue weighted by Gasteiger charge is -2.11. The molecule has 0 spiro atoms. The van der Waals surface area contributed by atoms with Gasteiger partial charge in [0.25, 0.3) is 0 Å². The van der Waals surface area contributed by atoms with Gasteiger partial charge in [0.2, 0.25) is 0 Å². The number of esters is 1. The van der Waals surface area contributed by atoms with Crippen LogP contribution < -0.4 is 18.9 Å². The van der Waals surface area contributed by atoms with Crippen molar-refractivity contribution < 1.29 is 23.7 Å². The summed E-state index contributed by atoms with van der Waals surface area (Å²) in [5, 5.41) is 2.38. The number of fused-ring (bicyclic) bond motifs is 1. The summed E-state index contributed by atoms with van der Waals surface area (Å²) in [5.41, 5.74) is 2.05. The summed E-state index contributed by atoms with van der Waals surface area (Å²) in [7, 11) is 3.13. The zero-order chi connectivity index (χ0) is 23.0. The lowest BCUT2D eigenvalue weighted by Crippen LogP contribution is -2.18. The summed E-state index contributed by atoms with van der Waals surface area (Å²) in [5.74, 6) is 1.54. The minimum Gasteiger partial charge on any atom is -0.497 e. The Labute approximate surface area is 192 Å². The SMILES string of the molecule is COc1ccc(OCC(=O)Oc2ccc(C=Cc3cccc4ccccc34)cc2OC)cc1. The molecule has 4 aromatic carbocycles. The van der Waals surface area contributed by atoms with Crippen molar-refractivity contribution >= 4 is 28.9 Å². The minimum absolute atomic E-state index is 0.224. The highest BCUT2D eigenvalue weighted by atomic mass is 16.6. The summed E-state index contributed by atoms with van der Waals surface area (Å²) >= 11 is 0. The van der Waals surface area contributed by atoms with Crippen LogP contribution in [0.15, 0.2) is 84.9 Å². The zero-order valence-corrected chi connectivity index (χ0v) is 18.5. The van der Waals surface area contributed by atoms with Crippen LogP contribution in [0.4, 0.5) is 0 Å². The molecule has 0 bridgehead atoms. The molecule has 5 nitrogen and oxygen atoms in total. The highest BCUT2D eigenvalue weighted by molar-refractivity contribution is 5.92. The number of ether oxygens (including phenoxy) is 4. The molecule has 0 aromatic heterocycles. The first-order valence-corrected chi connectivity index (χ1v) is 10.5. The van der Waals surface area contributed by atoms with Crippen molar-refractivity contribution in [2.75, 3.05) is 20.8 Å². The van der Waals surface area contributed by atoms with E-state index in [4.69, 9.17) is 18.9 Å². The van der Waals surface area contributed by atoms with Crippen LogP contribution in [0.5, 0.6) is 23.0 Å². The fourth-order valence-electron chi connectivity index (χ4n) is 3.42. The molecule has 0 N–H and O–H groups in total. The molecule has 0 aliphatic heterocycles. The highest BCUT2D eigenvalue weighted by Crippen LogP contribution is 2.29. The monoisotopic (exact) mass is 440 g/mol. The van der Waals surface area contributed by atoms with E-state index in [1.165, 1.54) is 10.8 Å². The Morgan fingerprint density at radius 3 is 2.30 bits per heavy atom. The minimum atomic E-state index is -0.525. The van der Waals surface area contributed by atoms with Crippen LogP contribution in [0.2, 0.25) is 0 Å². The third-order valence-corrected chi connectivity index (χ3v) is 5.11. The molecule has 0 amide bonds. The van der Waals surface area contributed by atoms with Crippen LogP contribution >= 0.6 is 0 Å². The van der Waals surface area contributed by atoms with Gasteiger partial charge in [-0.2, -0.15) is 0 Å². The lowest BCUT2D eigenvalue weighted by molar-refractivity contribution is -0.136. The van der Waals surface area contributed by atoms with E-state index in [9.17, 15) is 4.79 Å². The van der Waals surface area contributed by atoms with Gasteiger partial charge in [0.15, 0.2) is 18.1 Å². The van der Waals surface area contributed by atoms with Crippen LogP contribution in [0, 0.1) is 0 Å². The summed E-state index contributed by atoms with van der Waals surface area (Å²) < 4.78 is 21.5. The van der Waals surface area contributed by atoms with Gasteiger partial charge in [-0.3, -0.25) is 0 Å². The van der Waals surface area contributed by atoms with Gasteiger partial charge in [0, 0.05) is 0 Å². The zero-order valence-electron chi connectivity index (χ0n) is 18.5. The molecule has 166 valence electrons. The molecule has 0 atom stereocenters. The molecule has 0 unspecified atom stereocenters. The summed E-state index contributed by atoms with van der Waals surface area (Å²) in [6.07, 6.45) is 4.06. The maximum atomic E-state index is 12.3. The van der Waals surface area contributed by atoms with Gasteiger partial charge in [-0.15, -0.1) is 0 Å². The second kappa shape index (κ2) is 10.4. The average Bonchev–Trinajstić information content (AvgIpc) is 2.87. The number of carbonyl (C=O) groups excluding carboxylic acids is 1. The van der Waals surface area contributed by atoms with Crippen molar-refractivity contribution in [1.82, 2.24) is 0 Å². The Kier molecular flexibility index (Phi) is 6.90. The van der Waals surface area contributed by atoms with E-state index >= 15 is 0 Å². The summed E-state index contributed by atoms with van der Waals surface area (Å²) in [4.78, 5) is 12.3. The quantitative estimate of drug-likeness (QED) is 0.191. The van der Waals surface area contributed by atoms with Crippen molar-refractivity contribution in [1.29, 1.82) is 0 Å². The maximum Gasteiger partial charge on any atom is 0.349 e. The molecule has 0 aliphatic rings.